The number of rotatable bonds is 5. The summed E-state index contributed by atoms with van der Waals surface area (Å²) in [5.41, 5.74) is 12.1. The van der Waals surface area contributed by atoms with Gasteiger partial charge in [0.2, 0.25) is 5.91 Å². The summed E-state index contributed by atoms with van der Waals surface area (Å²) in [6.45, 7) is 2.03. The van der Waals surface area contributed by atoms with E-state index >= 15 is 0 Å². The van der Waals surface area contributed by atoms with Crippen molar-refractivity contribution in [2.24, 2.45) is 5.73 Å². The minimum Gasteiger partial charge on any atom is -0.465 e. The highest BCUT2D eigenvalue weighted by atomic mass is 16.5. The molecule has 0 atom stereocenters. The molecule has 1 rings (SSSR count). The first kappa shape index (κ1) is 12.8. The molecule has 0 bridgehead atoms. The van der Waals surface area contributed by atoms with Gasteiger partial charge in [-0.2, -0.15) is 0 Å². The first-order valence-corrected chi connectivity index (χ1v) is 5.13. The molecule has 0 aliphatic heterocycles. The zero-order valence-electron chi connectivity index (χ0n) is 9.53. The van der Waals surface area contributed by atoms with E-state index in [4.69, 9.17) is 16.2 Å². The molecule has 0 aromatic heterocycles. The smallest absolute Gasteiger partial charge is 0.325 e. The Bertz CT molecular complexity index is 432. The zero-order valence-corrected chi connectivity index (χ0v) is 9.53. The van der Waals surface area contributed by atoms with Crippen LogP contribution < -0.4 is 16.8 Å². The number of nitrogens with one attached hydrogen (secondary N) is 1. The third-order valence-corrected chi connectivity index (χ3v) is 2.07. The van der Waals surface area contributed by atoms with Crippen molar-refractivity contribution < 1.29 is 14.3 Å². The van der Waals surface area contributed by atoms with Crippen LogP contribution in [0.25, 0.3) is 0 Å². The standard InChI is InChI=1S/C11H15N3O3/c1-2-17-10(15)6-14-9-5-7(11(13)16)3-4-8(9)12/h3-5,14H,2,6,12H2,1H3,(H2,13,16). The molecule has 0 aliphatic rings. The second kappa shape index (κ2) is 5.74. The number of benzene rings is 1. The predicted molar refractivity (Wildman–Crippen MR) is 64.5 cm³/mol. The average molecular weight is 237 g/mol. The Hall–Kier alpha value is -2.24. The second-order valence-electron chi connectivity index (χ2n) is 3.32. The van der Waals surface area contributed by atoms with Crippen LogP contribution in [0.2, 0.25) is 0 Å². The van der Waals surface area contributed by atoms with Crippen LogP contribution >= 0.6 is 0 Å². The van der Waals surface area contributed by atoms with Gasteiger partial charge in [-0.1, -0.05) is 0 Å². The molecule has 6 heteroatoms. The first-order valence-electron chi connectivity index (χ1n) is 5.13. The Balaban J connectivity index is 2.73. The fourth-order valence-corrected chi connectivity index (χ4v) is 1.24. The number of primary amides is 1. The van der Waals surface area contributed by atoms with E-state index in [-0.39, 0.29) is 6.54 Å². The van der Waals surface area contributed by atoms with Gasteiger partial charge in [-0.05, 0) is 25.1 Å². The highest BCUT2D eigenvalue weighted by Gasteiger charge is 2.07. The largest absolute Gasteiger partial charge is 0.465 e. The number of ether oxygens (including phenoxy) is 1. The highest BCUT2D eigenvalue weighted by molar-refractivity contribution is 5.95. The molecular formula is C11H15N3O3. The number of amides is 1. The number of anilines is 2. The second-order valence-corrected chi connectivity index (χ2v) is 3.32. The van der Waals surface area contributed by atoms with Crippen molar-refractivity contribution in [2.45, 2.75) is 6.92 Å². The number of nitrogen functional groups attached to an aromatic ring is 1. The van der Waals surface area contributed by atoms with Gasteiger partial charge in [-0.3, -0.25) is 9.59 Å². The maximum Gasteiger partial charge on any atom is 0.325 e. The van der Waals surface area contributed by atoms with Crippen LogP contribution in [0.1, 0.15) is 17.3 Å². The highest BCUT2D eigenvalue weighted by Crippen LogP contribution is 2.19. The lowest BCUT2D eigenvalue weighted by Crippen LogP contribution is -2.18. The van der Waals surface area contributed by atoms with Crippen molar-refractivity contribution in [3.63, 3.8) is 0 Å². The van der Waals surface area contributed by atoms with Crippen molar-refractivity contribution in [1.29, 1.82) is 0 Å². The lowest BCUT2D eigenvalue weighted by molar-refractivity contribution is -0.140. The Morgan fingerprint density at radius 3 is 2.71 bits per heavy atom. The van der Waals surface area contributed by atoms with Crippen LogP contribution in [-0.2, 0) is 9.53 Å². The average Bonchev–Trinajstić information content (AvgIpc) is 2.28. The summed E-state index contributed by atoms with van der Waals surface area (Å²) in [7, 11) is 0. The molecule has 1 amide bonds. The molecule has 92 valence electrons. The number of nitrogens with two attached hydrogens (primary N) is 2. The normalized spacial score (nSPS) is 9.71. The van der Waals surface area contributed by atoms with Crippen molar-refractivity contribution in [1.82, 2.24) is 0 Å². The van der Waals surface area contributed by atoms with Crippen molar-refractivity contribution >= 4 is 23.3 Å². The fraction of sp³-hybridized carbons (Fsp3) is 0.273. The molecule has 17 heavy (non-hydrogen) atoms. The topological polar surface area (TPSA) is 107 Å². The van der Waals surface area contributed by atoms with Gasteiger partial charge in [0.1, 0.15) is 6.54 Å². The van der Waals surface area contributed by atoms with Gasteiger partial charge in [-0.25, -0.2) is 0 Å². The lowest BCUT2D eigenvalue weighted by atomic mass is 10.1. The summed E-state index contributed by atoms with van der Waals surface area (Å²) < 4.78 is 4.75. The van der Waals surface area contributed by atoms with Crippen LogP contribution in [0.15, 0.2) is 18.2 Å². The predicted octanol–water partition coefficient (Wildman–Crippen LogP) is 0.343. The molecule has 5 N–H and O–H groups in total. The van der Waals surface area contributed by atoms with Crippen LogP contribution in [0, 0.1) is 0 Å². The number of hydrogen-bond donors (Lipinski definition) is 3. The Labute approximate surface area is 98.9 Å². The van der Waals surface area contributed by atoms with Gasteiger partial charge in [0.25, 0.3) is 0 Å². The summed E-state index contributed by atoms with van der Waals surface area (Å²) in [5, 5.41) is 2.79. The Morgan fingerprint density at radius 2 is 2.12 bits per heavy atom. The van der Waals surface area contributed by atoms with Gasteiger partial charge in [-0.15, -0.1) is 0 Å². The SMILES string of the molecule is CCOC(=O)CNc1cc(C(N)=O)ccc1N. The van der Waals surface area contributed by atoms with Gasteiger partial charge in [0, 0.05) is 5.56 Å². The maximum atomic E-state index is 11.1. The first-order chi connectivity index (χ1) is 8.04. The molecule has 0 aliphatic carbocycles. The lowest BCUT2D eigenvalue weighted by Gasteiger charge is -2.09. The van der Waals surface area contributed by atoms with E-state index in [1.807, 2.05) is 0 Å². The molecule has 0 radical (unpaired) electrons. The monoisotopic (exact) mass is 237 g/mol. The van der Waals surface area contributed by atoms with Gasteiger partial charge in [0.15, 0.2) is 0 Å². The molecule has 0 fully saturated rings. The molecule has 0 spiro atoms. The fourth-order valence-electron chi connectivity index (χ4n) is 1.24. The summed E-state index contributed by atoms with van der Waals surface area (Å²) >= 11 is 0. The van der Waals surface area contributed by atoms with Crippen LogP contribution in [0.5, 0.6) is 0 Å². The van der Waals surface area contributed by atoms with E-state index in [1.54, 1.807) is 13.0 Å². The molecule has 1 aromatic carbocycles. The van der Waals surface area contributed by atoms with Gasteiger partial charge >= 0.3 is 5.97 Å². The minimum absolute atomic E-state index is 0.0136. The van der Waals surface area contributed by atoms with E-state index in [1.165, 1.54) is 12.1 Å². The van der Waals surface area contributed by atoms with E-state index in [0.717, 1.165) is 0 Å². The summed E-state index contributed by atoms with van der Waals surface area (Å²) in [6.07, 6.45) is 0. The molecular weight excluding hydrogens is 222 g/mol. The molecule has 0 unspecified atom stereocenters. The van der Waals surface area contributed by atoms with Gasteiger partial charge in [0.05, 0.1) is 18.0 Å². The third-order valence-electron chi connectivity index (χ3n) is 2.07. The van der Waals surface area contributed by atoms with Crippen molar-refractivity contribution in [3.05, 3.63) is 23.8 Å². The number of carbonyl (C=O) groups excluding carboxylic acids is 2. The third kappa shape index (κ3) is 3.67. The van der Waals surface area contributed by atoms with Crippen LogP contribution in [0.3, 0.4) is 0 Å². The Morgan fingerprint density at radius 1 is 1.41 bits per heavy atom. The molecule has 0 saturated carbocycles. The molecule has 0 saturated heterocycles. The van der Waals surface area contributed by atoms with E-state index in [0.29, 0.717) is 23.5 Å². The quantitative estimate of drug-likeness (QED) is 0.505. The molecule has 6 nitrogen and oxygen atoms in total. The van der Waals surface area contributed by atoms with Crippen LogP contribution in [-0.4, -0.2) is 25.0 Å². The van der Waals surface area contributed by atoms with Crippen molar-refractivity contribution in [3.8, 4) is 0 Å². The summed E-state index contributed by atoms with van der Waals surface area (Å²) in [4.78, 5) is 22.1. The van der Waals surface area contributed by atoms with Crippen LogP contribution in [0.4, 0.5) is 11.4 Å². The Kier molecular flexibility index (Phi) is 4.33. The maximum absolute atomic E-state index is 11.1. The van der Waals surface area contributed by atoms with E-state index in [2.05, 4.69) is 5.32 Å². The van der Waals surface area contributed by atoms with E-state index in [9.17, 15) is 9.59 Å². The number of hydrogen-bond acceptors (Lipinski definition) is 5. The zero-order chi connectivity index (χ0) is 12.8. The minimum atomic E-state index is -0.552. The number of carbonyl (C=O) groups is 2. The molecule has 1 aromatic rings. The van der Waals surface area contributed by atoms with Crippen molar-refractivity contribution in [2.75, 3.05) is 24.2 Å². The summed E-state index contributed by atoms with van der Waals surface area (Å²) in [5.74, 6) is -0.944. The summed E-state index contributed by atoms with van der Waals surface area (Å²) in [6, 6.07) is 4.57. The number of esters is 1. The van der Waals surface area contributed by atoms with E-state index < -0.39 is 11.9 Å². The van der Waals surface area contributed by atoms with Gasteiger partial charge < -0.3 is 21.5 Å². The molecule has 0 heterocycles.